The predicted molar refractivity (Wildman–Crippen MR) is 89.0 cm³/mol. The second-order valence-electron chi connectivity index (χ2n) is 5.39. The molecule has 1 aromatic carbocycles. The van der Waals surface area contributed by atoms with E-state index in [1.807, 2.05) is 12.1 Å². The van der Waals surface area contributed by atoms with Crippen molar-refractivity contribution in [2.75, 3.05) is 6.54 Å². The molecule has 0 saturated carbocycles. The van der Waals surface area contributed by atoms with Crippen LogP contribution < -0.4 is 10.1 Å². The van der Waals surface area contributed by atoms with E-state index < -0.39 is 0 Å². The van der Waals surface area contributed by atoms with Gasteiger partial charge < -0.3 is 10.1 Å². The van der Waals surface area contributed by atoms with Crippen LogP contribution in [0.1, 0.15) is 49.4 Å². The molecule has 0 aliphatic carbocycles. The number of thiazole rings is 1. The van der Waals surface area contributed by atoms with Gasteiger partial charge in [-0.15, -0.1) is 11.3 Å². The molecule has 0 aliphatic rings. The van der Waals surface area contributed by atoms with Crippen LogP contribution in [0.25, 0.3) is 0 Å². The highest BCUT2D eigenvalue weighted by atomic mass is 32.1. The van der Waals surface area contributed by atoms with Crippen LogP contribution in [0.4, 0.5) is 0 Å². The van der Waals surface area contributed by atoms with E-state index in [1.165, 1.54) is 5.56 Å². The third-order valence-electron chi connectivity index (χ3n) is 3.22. The van der Waals surface area contributed by atoms with Gasteiger partial charge in [0.15, 0.2) is 0 Å². The molecule has 0 atom stereocenters. The summed E-state index contributed by atoms with van der Waals surface area (Å²) < 4.78 is 5.95. The van der Waals surface area contributed by atoms with E-state index in [0.29, 0.717) is 12.5 Å². The number of nitrogens with one attached hydrogen (secondary N) is 1. The lowest BCUT2D eigenvalue weighted by atomic mass is 10.0. The molecule has 0 aliphatic heterocycles. The fourth-order valence-corrected chi connectivity index (χ4v) is 2.86. The Balaban J connectivity index is 1.91. The van der Waals surface area contributed by atoms with Gasteiger partial charge in [-0.05, 0) is 30.5 Å². The van der Waals surface area contributed by atoms with Gasteiger partial charge >= 0.3 is 0 Å². The van der Waals surface area contributed by atoms with E-state index in [4.69, 9.17) is 4.74 Å². The van der Waals surface area contributed by atoms with Crippen molar-refractivity contribution in [1.29, 1.82) is 0 Å². The third-order valence-corrected chi connectivity index (χ3v) is 4.12. The van der Waals surface area contributed by atoms with E-state index in [1.54, 1.807) is 11.3 Å². The van der Waals surface area contributed by atoms with Gasteiger partial charge in [-0.1, -0.05) is 39.0 Å². The zero-order valence-corrected chi connectivity index (χ0v) is 13.9. The van der Waals surface area contributed by atoms with Crippen molar-refractivity contribution in [3.05, 3.63) is 45.9 Å². The monoisotopic (exact) mass is 304 g/mol. The minimum absolute atomic E-state index is 0.463. The summed E-state index contributed by atoms with van der Waals surface area (Å²) in [5.41, 5.74) is 2.25. The molecule has 1 heterocycles. The fourth-order valence-electron chi connectivity index (χ4n) is 2.11. The maximum absolute atomic E-state index is 5.95. The zero-order chi connectivity index (χ0) is 15.1. The van der Waals surface area contributed by atoms with Gasteiger partial charge in [-0.2, -0.15) is 0 Å². The zero-order valence-electron chi connectivity index (χ0n) is 13.1. The average molecular weight is 304 g/mol. The number of benzene rings is 1. The molecule has 2 rings (SSSR count). The van der Waals surface area contributed by atoms with Crippen LogP contribution in [0.15, 0.2) is 29.6 Å². The molecule has 1 N–H and O–H groups in total. The summed E-state index contributed by atoms with van der Waals surface area (Å²) in [4.78, 5) is 4.60. The molecule has 2 aromatic rings. The summed E-state index contributed by atoms with van der Waals surface area (Å²) in [5.74, 6) is 1.43. The smallest absolute Gasteiger partial charge is 0.131 e. The van der Waals surface area contributed by atoms with Gasteiger partial charge in [-0.25, -0.2) is 4.98 Å². The van der Waals surface area contributed by atoms with Crippen LogP contribution in [-0.4, -0.2) is 11.5 Å². The van der Waals surface area contributed by atoms with E-state index in [9.17, 15) is 0 Å². The van der Waals surface area contributed by atoms with Crippen molar-refractivity contribution in [2.45, 2.75) is 46.3 Å². The number of hydrogen-bond acceptors (Lipinski definition) is 4. The van der Waals surface area contributed by atoms with Crippen molar-refractivity contribution in [3.8, 4) is 5.75 Å². The summed E-state index contributed by atoms with van der Waals surface area (Å²) in [6.45, 7) is 8.95. The number of hydrogen-bond donors (Lipinski definition) is 1. The van der Waals surface area contributed by atoms with Crippen LogP contribution in [0.2, 0.25) is 0 Å². The Hall–Kier alpha value is -1.39. The SMILES string of the molecule is CCCNCc1nc(COc2ccccc2C(C)C)cs1. The largest absolute Gasteiger partial charge is 0.487 e. The Morgan fingerprint density at radius 1 is 1.29 bits per heavy atom. The molecule has 114 valence electrons. The number of aromatic nitrogens is 1. The summed E-state index contributed by atoms with van der Waals surface area (Å²) in [6.07, 6.45) is 1.15. The van der Waals surface area contributed by atoms with E-state index in [-0.39, 0.29) is 0 Å². The van der Waals surface area contributed by atoms with Crippen LogP contribution in [0, 0.1) is 0 Å². The summed E-state index contributed by atoms with van der Waals surface area (Å²) >= 11 is 1.69. The second-order valence-corrected chi connectivity index (χ2v) is 6.33. The quantitative estimate of drug-likeness (QED) is 0.736. The Morgan fingerprint density at radius 3 is 2.86 bits per heavy atom. The van der Waals surface area contributed by atoms with E-state index in [0.717, 1.165) is 36.0 Å². The van der Waals surface area contributed by atoms with Crippen LogP contribution in [0.3, 0.4) is 0 Å². The Bertz CT molecular complexity index is 551. The lowest BCUT2D eigenvalue weighted by molar-refractivity contribution is 0.297. The van der Waals surface area contributed by atoms with Gasteiger partial charge in [0.1, 0.15) is 17.4 Å². The first-order valence-electron chi connectivity index (χ1n) is 7.56. The summed E-state index contributed by atoms with van der Waals surface area (Å²) in [7, 11) is 0. The van der Waals surface area contributed by atoms with Crippen LogP contribution >= 0.6 is 11.3 Å². The first-order chi connectivity index (χ1) is 10.2. The molecule has 0 unspecified atom stereocenters. The van der Waals surface area contributed by atoms with Crippen molar-refractivity contribution < 1.29 is 4.74 Å². The Kier molecular flexibility index (Phi) is 6.21. The topological polar surface area (TPSA) is 34.2 Å². The highest BCUT2D eigenvalue weighted by Crippen LogP contribution is 2.26. The van der Waals surface area contributed by atoms with Gasteiger partial charge in [0.2, 0.25) is 0 Å². The van der Waals surface area contributed by atoms with Crippen LogP contribution in [0.5, 0.6) is 5.75 Å². The van der Waals surface area contributed by atoms with Crippen LogP contribution in [-0.2, 0) is 13.2 Å². The molecule has 0 saturated heterocycles. The second kappa shape index (κ2) is 8.15. The van der Waals surface area contributed by atoms with Crippen molar-refractivity contribution in [3.63, 3.8) is 0 Å². The summed E-state index contributed by atoms with van der Waals surface area (Å²) in [6, 6.07) is 8.23. The molecule has 0 spiro atoms. The first-order valence-corrected chi connectivity index (χ1v) is 8.44. The Morgan fingerprint density at radius 2 is 2.10 bits per heavy atom. The molecule has 1 aromatic heterocycles. The number of rotatable bonds is 8. The van der Waals surface area contributed by atoms with Gasteiger partial charge in [-0.3, -0.25) is 0 Å². The first kappa shape index (κ1) is 16.0. The lowest BCUT2D eigenvalue weighted by Gasteiger charge is -2.12. The van der Waals surface area contributed by atoms with Gasteiger partial charge in [0.25, 0.3) is 0 Å². The normalized spacial score (nSPS) is 11.0. The molecule has 0 amide bonds. The van der Waals surface area contributed by atoms with Gasteiger partial charge in [0, 0.05) is 11.9 Å². The number of nitrogens with zero attached hydrogens (tertiary/aromatic N) is 1. The number of para-hydroxylation sites is 1. The lowest BCUT2D eigenvalue weighted by Crippen LogP contribution is -2.13. The molecule has 3 nitrogen and oxygen atoms in total. The highest BCUT2D eigenvalue weighted by Gasteiger charge is 2.08. The maximum Gasteiger partial charge on any atom is 0.131 e. The summed E-state index contributed by atoms with van der Waals surface area (Å²) in [5, 5.41) is 6.58. The highest BCUT2D eigenvalue weighted by molar-refractivity contribution is 7.09. The van der Waals surface area contributed by atoms with E-state index >= 15 is 0 Å². The maximum atomic E-state index is 5.95. The van der Waals surface area contributed by atoms with E-state index in [2.05, 4.69) is 48.6 Å². The fraction of sp³-hybridized carbons (Fsp3) is 0.471. The molecular formula is C17H24N2OS. The molecule has 21 heavy (non-hydrogen) atoms. The number of ether oxygens (including phenoxy) is 1. The van der Waals surface area contributed by atoms with Gasteiger partial charge in [0.05, 0.1) is 5.69 Å². The molecule has 4 heteroatoms. The minimum atomic E-state index is 0.463. The average Bonchev–Trinajstić information content (AvgIpc) is 2.93. The van der Waals surface area contributed by atoms with Crippen molar-refractivity contribution in [1.82, 2.24) is 10.3 Å². The third kappa shape index (κ3) is 4.83. The van der Waals surface area contributed by atoms with Crippen molar-refractivity contribution in [2.24, 2.45) is 0 Å². The molecular weight excluding hydrogens is 280 g/mol. The molecule has 0 radical (unpaired) electrons. The Labute approximate surface area is 131 Å². The minimum Gasteiger partial charge on any atom is -0.487 e. The van der Waals surface area contributed by atoms with Crippen molar-refractivity contribution >= 4 is 11.3 Å². The molecule has 0 bridgehead atoms. The standard InChI is InChI=1S/C17H24N2OS/c1-4-9-18-10-17-19-14(12-21-17)11-20-16-8-6-5-7-15(16)13(2)3/h5-8,12-13,18H,4,9-11H2,1-3H3. The molecule has 0 fully saturated rings. The predicted octanol–water partition coefficient (Wildman–Crippen LogP) is 4.35.